The Morgan fingerprint density at radius 2 is 1.71 bits per heavy atom. The van der Waals surface area contributed by atoms with Gasteiger partial charge in [-0.05, 0) is 42.9 Å². The number of anilines is 1. The lowest BCUT2D eigenvalue weighted by Crippen LogP contribution is -2.25. The molecule has 0 bridgehead atoms. The molecule has 1 amide bonds. The van der Waals surface area contributed by atoms with Gasteiger partial charge in [0.2, 0.25) is 0 Å². The van der Waals surface area contributed by atoms with E-state index in [1.165, 1.54) is 0 Å². The molecule has 2 heterocycles. The van der Waals surface area contributed by atoms with Crippen LogP contribution in [0.25, 0.3) is 22.4 Å². The summed E-state index contributed by atoms with van der Waals surface area (Å²) in [6.45, 7) is 5.85. The van der Waals surface area contributed by atoms with Crippen molar-refractivity contribution in [2.45, 2.75) is 45.1 Å². The van der Waals surface area contributed by atoms with Gasteiger partial charge in [0.1, 0.15) is 11.9 Å². The number of carbonyl (C=O) groups excluding carboxylic acids is 1. The average molecular weight is 485 g/mol. The maximum atomic E-state index is 12.3. The van der Waals surface area contributed by atoms with Crippen LogP contribution in [0.3, 0.4) is 0 Å². The highest BCUT2D eigenvalue weighted by Gasteiger charge is 2.51. The Bertz CT molecular complexity index is 1170. The maximum Gasteiger partial charge on any atom is 0.413 e. The van der Waals surface area contributed by atoms with E-state index in [4.69, 9.17) is 4.74 Å². The van der Waals surface area contributed by atoms with Crippen LogP contribution in [0, 0.1) is 5.92 Å². The summed E-state index contributed by atoms with van der Waals surface area (Å²) in [5, 5.41) is 16.5. The summed E-state index contributed by atoms with van der Waals surface area (Å²) in [4.78, 5) is 28.3. The molecule has 0 aliphatic heterocycles. The lowest BCUT2D eigenvalue weighted by Gasteiger charge is -2.17. The first-order valence-corrected chi connectivity index (χ1v) is 11.0. The van der Waals surface area contributed by atoms with E-state index in [0.717, 1.165) is 27.9 Å². The number of hydrogen-bond acceptors (Lipinski definition) is 5. The summed E-state index contributed by atoms with van der Waals surface area (Å²) in [7, 11) is 1.76. The lowest BCUT2D eigenvalue weighted by molar-refractivity contribution is -0.140. The van der Waals surface area contributed by atoms with Gasteiger partial charge in [0.05, 0.1) is 17.3 Å². The number of aromatic nitrogens is 3. The summed E-state index contributed by atoms with van der Waals surface area (Å²) >= 11 is 0. The minimum Gasteiger partial charge on any atom is -0.481 e. The number of carboxylic acids is 1. The highest BCUT2D eigenvalue weighted by Crippen LogP contribution is 2.48. The molecule has 2 N–H and O–H groups in total. The van der Waals surface area contributed by atoms with Crippen LogP contribution in [0.4, 0.5) is 10.6 Å². The summed E-state index contributed by atoms with van der Waals surface area (Å²) in [6.07, 6.45) is 3.95. The minimum atomic E-state index is -0.787. The molecule has 4 rings (SSSR count). The molecule has 1 unspecified atom stereocenters. The number of ether oxygens (including phenoxy) is 1. The molecule has 0 spiro atoms. The zero-order valence-corrected chi connectivity index (χ0v) is 20.4. The molecule has 0 saturated heterocycles. The molecule has 3 aromatic rings. The van der Waals surface area contributed by atoms with E-state index in [0.29, 0.717) is 18.7 Å². The second-order valence-corrected chi connectivity index (χ2v) is 8.91. The summed E-state index contributed by atoms with van der Waals surface area (Å²) in [5.41, 5.74) is 3.33. The second kappa shape index (κ2) is 9.85. The van der Waals surface area contributed by atoms with E-state index < -0.39 is 17.5 Å². The lowest BCUT2D eigenvalue weighted by atomic mass is 9.97. The van der Waals surface area contributed by atoms with Gasteiger partial charge < -0.3 is 9.84 Å². The summed E-state index contributed by atoms with van der Waals surface area (Å²) in [6, 6.07) is 11.5. The van der Waals surface area contributed by atoms with Gasteiger partial charge in [0.15, 0.2) is 0 Å². The monoisotopic (exact) mass is 484 g/mol. The molecule has 9 heteroatoms. The largest absolute Gasteiger partial charge is 0.481 e. The Balaban J connectivity index is 0.00000324. The highest BCUT2D eigenvalue weighted by atomic mass is 35.5. The number of pyridine rings is 1. The van der Waals surface area contributed by atoms with Crippen LogP contribution in [-0.4, -0.2) is 38.0 Å². The molecule has 180 valence electrons. The van der Waals surface area contributed by atoms with E-state index in [1.54, 1.807) is 24.1 Å². The van der Waals surface area contributed by atoms with Gasteiger partial charge in [-0.3, -0.25) is 19.8 Å². The van der Waals surface area contributed by atoms with Gasteiger partial charge in [-0.2, -0.15) is 5.10 Å². The number of aliphatic carboxylic acids is 1. The van der Waals surface area contributed by atoms with E-state index in [2.05, 4.69) is 15.4 Å². The number of benzene rings is 1. The molecule has 1 aromatic carbocycles. The normalized spacial score (nSPS) is 14.7. The fourth-order valence-electron chi connectivity index (χ4n) is 3.65. The number of nitrogens with one attached hydrogen (secondary N) is 1. The van der Waals surface area contributed by atoms with Crippen molar-refractivity contribution in [1.29, 1.82) is 0 Å². The van der Waals surface area contributed by atoms with Crippen molar-refractivity contribution < 1.29 is 19.4 Å². The summed E-state index contributed by atoms with van der Waals surface area (Å²) < 4.78 is 7.02. The number of rotatable bonds is 7. The Morgan fingerprint density at radius 3 is 2.24 bits per heavy atom. The molecule has 2 aromatic heterocycles. The van der Waals surface area contributed by atoms with Gasteiger partial charge in [-0.25, -0.2) is 4.79 Å². The highest BCUT2D eigenvalue weighted by molar-refractivity contribution is 5.90. The van der Waals surface area contributed by atoms with Crippen molar-refractivity contribution in [2.75, 3.05) is 5.32 Å². The third kappa shape index (κ3) is 4.92. The molecule has 1 atom stereocenters. The first-order chi connectivity index (χ1) is 15.7. The van der Waals surface area contributed by atoms with Crippen molar-refractivity contribution in [1.82, 2.24) is 14.8 Å². The molecule has 34 heavy (non-hydrogen) atoms. The predicted molar refractivity (Wildman–Crippen MR) is 132 cm³/mol. The SMILES string of the molecule is CC(C)C(C)OC(=O)Nc1c(-c2ccc(-c3ccc(C4(C(=O)O)CC4)cn3)cc2)cnn1C.Cl. The molecular formula is C25H29ClN4O4. The zero-order chi connectivity index (χ0) is 23.8. The molecule has 1 saturated carbocycles. The van der Waals surface area contributed by atoms with Crippen molar-refractivity contribution in [3.05, 3.63) is 54.4 Å². The van der Waals surface area contributed by atoms with Crippen molar-refractivity contribution >= 4 is 30.3 Å². The van der Waals surface area contributed by atoms with Gasteiger partial charge in [-0.1, -0.05) is 44.2 Å². The Labute approximate surface area is 204 Å². The third-order valence-electron chi connectivity index (χ3n) is 6.36. The fraction of sp³-hybridized carbons (Fsp3) is 0.360. The molecule has 0 radical (unpaired) electrons. The average Bonchev–Trinajstić information content (AvgIpc) is 3.54. The van der Waals surface area contributed by atoms with Crippen LogP contribution in [0.2, 0.25) is 0 Å². The van der Waals surface area contributed by atoms with Crippen LogP contribution >= 0.6 is 12.4 Å². The smallest absolute Gasteiger partial charge is 0.413 e. The van der Waals surface area contributed by atoms with Crippen molar-refractivity contribution in [3.63, 3.8) is 0 Å². The van der Waals surface area contributed by atoms with E-state index in [9.17, 15) is 14.7 Å². The minimum absolute atomic E-state index is 0. The second-order valence-electron chi connectivity index (χ2n) is 8.91. The molecule has 8 nitrogen and oxygen atoms in total. The molecule has 1 aliphatic carbocycles. The molecular weight excluding hydrogens is 456 g/mol. The van der Waals surface area contributed by atoms with Crippen LogP contribution in [0.15, 0.2) is 48.8 Å². The van der Waals surface area contributed by atoms with E-state index in [1.807, 2.05) is 57.2 Å². The number of carboxylic acid groups (broad SMARTS) is 1. The van der Waals surface area contributed by atoms with Gasteiger partial charge >= 0.3 is 12.1 Å². The van der Waals surface area contributed by atoms with Crippen LogP contribution < -0.4 is 5.32 Å². The predicted octanol–water partition coefficient (Wildman–Crippen LogP) is 5.28. The fourth-order valence-corrected chi connectivity index (χ4v) is 3.65. The Morgan fingerprint density at radius 1 is 1.06 bits per heavy atom. The number of hydrogen-bond donors (Lipinski definition) is 2. The van der Waals surface area contributed by atoms with Gasteiger partial charge in [0, 0.05) is 24.4 Å². The molecule has 1 aliphatic rings. The van der Waals surface area contributed by atoms with E-state index >= 15 is 0 Å². The standard InChI is InChI=1S/C25H28N4O4.ClH/c1-15(2)16(3)33-24(32)28-22-20(14-27-29(22)4)17-5-7-18(8-6-17)21-10-9-19(13-26-21)25(11-12-25)23(30)31;/h5-10,13-16H,11-12H2,1-4H3,(H,28,32)(H,30,31);1H. The quantitative estimate of drug-likeness (QED) is 0.472. The molecule has 1 fully saturated rings. The zero-order valence-electron chi connectivity index (χ0n) is 19.6. The Kier molecular flexibility index (Phi) is 7.31. The third-order valence-corrected chi connectivity index (χ3v) is 6.36. The first-order valence-electron chi connectivity index (χ1n) is 11.0. The van der Waals surface area contributed by atoms with Gasteiger partial charge in [0.25, 0.3) is 0 Å². The number of amides is 1. The summed E-state index contributed by atoms with van der Waals surface area (Å²) in [5.74, 6) is -0.0182. The van der Waals surface area contributed by atoms with Crippen LogP contribution in [-0.2, 0) is 22.0 Å². The first kappa shape index (κ1) is 25.2. The number of aryl methyl sites for hydroxylation is 1. The number of nitrogens with zero attached hydrogens (tertiary/aromatic N) is 3. The van der Waals surface area contributed by atoms with Crippen molar-refractivity contribution in [3.8, 4) is 22.4 Å². The van der Waals surface area contributed by atoms with Crippen LogP contribution in [0.5, 0.6) is 0 Å². The van der Waals surface area contributed by atoms with Crippen LogP contribution in [0.1, 0.15) is 39.2 Å². The number of carbonyl (C=O) groups is 2. The maximum absolute atomic E-state index is 12.3. The van der Waals surface area contributed by atoms with Gasteiger partial charge in [-0.15, -0.1) is 12.4 Å². The Hall–Kier alpha value is -3.39. The van der Waals surface area contributed by atoms with E-state index in [-0.39, 0.29) is 24.4 Å². The topological polar surface area (TPSA) is 106 Å². The van der Waals surface area contributed by atoms with Crippen molar-refractivity contribution in [2.24, 2.45) is 13.0 Å². The number of halogens is 1.